The van der Waals surface area contributed by atoms with E-state index in [2.05, 4.69) is 5.32 Å². The molecule has 0 radical (unpaired) electrons. The maximum absolute atomic E-state index is 12.0. The summed E-state index contributed by atoms with van der Waals surface area (Å²) < 4.78 is 0. The van der Waals surface area contributed by atoms with Crippen molar-refractivity contribution >= 4 is 11.7 Å². The second kappa shape index (κ2) is 4.36. The molecule has 1 aromatic rings. The van der Waals surface area contributed by atoms with Gasteiger partial charge in [-0.3, -0.25) is 9.59 Å². The second-order valence-electron chi connectivity index (χ2n) is 3.84. The highest BCUT2D eigenvalue weighted by molar-refractivity contribution is 6.15. The van der Waals surface area contributed by atoms with Crippen LogP contribution in [0.15, 0.2) is 18.2 Å². The summed E-state index contributed by atoms with van der Waals surface area (Å²) in [5.41, 5.74) is 6.39. The number of ketones is 1. The lowest BCUT2D eigenvalue weighted by Gasteiger charge is -2.23. The molecule has 1 aromatic carbocycles. The molecule has 0 bridgehead atoms. The average molecular weight is 229 g/mol. The molecule has 1 heterocycles. The van der Waals surface area contributed by atoms with Gasteiger partial charge in [-0.15, -0.1) is 0 Å². The van der Waals surface area contributed by atoms with Gasteiger partial charge in [-0.05, 0) is 31.2 Å². The maximum atomic E-state index is 12.0. The highest BCUT2D eigenvalue weighted by Crippen LogP contribution is 2.19. The predicted octanol–water partition coefficient (Wildman–Crippen LogP) is 0.202. The Morgan fingerprint density at radius 2 is 2.12 bits per heavy atom. The Morgan fingerprint density at radius 1 is 1.35 bits per heavy atom. The van der Waals surface area contributed by atoms with E-state index in [4.69, 9.17) is 11.0 Å². The molecular weight excluding hydrogens is 218 g/mol. The van der Waals surface area contributed by atoms with Crippen LogP contribution in [0.25, 0.3) is 0 Å². The molecule has 3 N–H and O–H groups in total. The summed E-state index contributed by atoms with van der Waals surface area (Å²) in [6.45, 7) is 0.323. The molecule has 0 saturated carbocycles. The number of nitrogens with zero attached hydrogens (tertiary/aromatic N) is 1. The standard InChI is InChI=1S/C12H11N3O2/c13-4-3-10-11(16)9-5-7(6-14)1-2-8(9)12(17)15-10/h1-2,5,10H,3-4,13H2,(H,15,17)/t10-/m0/s1. The smallest absolute Gasteiger partial charge is 0.252 e. The van der Waals surface area contributed by atoms with E-state index in [1.165, 1.54) is 18.2 Å². The van der Waals surface area contributed by atoms with Crippen LogP contribution in [0.2, 0.25) is 0 Å². The van der Waals surface area contributed by atoms with Crippen molar-refractivity contribution in [3.05, 3.63) is 34.9 Å². The third kappa shape index (κ3) is 1.90. The minimum atomic E-state index is -0.575. The number of fused-ring (bicyclic) bond motifs is 1. The Labute approximate surface area is 98.2 Å². The third-order valence-electron chi connectivity index (χ3n) is 2.74. The van der Waals surface area contributed by atoms with E-state index in [1.54, 1.807) is 0 Å². The zero-order valence-corrected chi connectivity index (χ0v) is 9.06. The maximum Gasteiger partial charge on any atom is 0.252 e. The lowest BCUT2D eigenvalue weighted by molar-refractivity contribution is 0.0824. The van der Waals surface area contributed by atoms with Crippen LogP contribution in [0.1, 0.15) is 32.7 Å². The number of Topliss-reactive ketones (excluding diaryl/α,β-unsaturated/α-hetero) is 1. The highest BCUT2D eigenvalue weighted by atomic mass is 16.2. The first-order valence-corrected chi connectivity index (χ1v) is 5.26. The van der Waals surface area contributed by atoms with Crippen molar-refractivity contribution in [3.8, 4) is 6.07 Å². The number of hydrogen-bond donors (Lipinski definition) is 2. The van der Waals surface area contributed by atoms with E-state index in [-0.39, 0.29) is 11.7 Å². The number of rotatable bonds is 2. The van der Waals surface area contributed by atoms with E-state index in [1.807, 2.05) is 6.07 Å². The van der Waals surface area contributed by atoms with Gasteiger partial charge < -0.3 is 11.1 Å². The molecule has 1 atom stereocenters. The molecule has 0 aromatic heterocycles. The van der Waals surface area contributed by atoms with Gasteiger partial charge in [-0.1, -0.05) is 0 Å². The molecule has 2 rings (SSSR count). The summed E-state index contributed by atoms with van der Waals surface area (Å²) in [5, 5.41) is 11.4. The Bertz CT molecular complexity index is 531. The molecule has 0 spiro atoms. The Balaban J connectivity index is 2.47. The van der Waals surface area contributed by atoms with Crippen molar-refractivity contribution < 1.29 is 9.59 Å². The Hall–Kier alpha value is -2.19. The van der Waals surface area contributed by atoms with Gasteiger partial charge in [-0.2, -0.15) is 5.26 Å². The number of hydrogen-bond acceptors (Lipinski definition) is 4. The number of nitrogens with two attached hydrogens (primary N) is 1. The van der Waals surface area contributed by atoms with Gasteiger partial charge in [0.1, 0.15) is 0 Å². The quantitative estimate of drug-likeness (QED) is 0.757. The molecule has 1 amide bonds. The summed E-state index contributed by atoms with van der Waals surface area (Å²) in [6, 6.07) is 5.86. The zero-order chi connectivity index (χ0) is 12.4. The van der Waals surface area contributed by atoms with Crippen LogP contribution < -0.4 is 11.1 Å². The van der Waals surface area contributed by atoms with Crippen LogP contribution in [0, 0.1) is 11.3 Å². The van der Waals surface area contributed by atoms with Crippen molar-refractivity contribution in [2.45, 2.75) is 12.5 Å². The van der Waals surface area contributed by atoms with Gasteiger partial charge in [0.2, 0.25) is 0 Å². The molecule has 5 nitrogen and oxygen atoms in total. The monoisotopic (exact) mass is 229 g/mol. The van der Waals surface area contributed by atoms with Crippen LogP contribution in [0.3, 0.4) is 0 Å². The SMILES string of the molecule is N#Cc1ccc2c(c1)C(=O)[C@H](CCN)NC2=O. The minimum Gasteiger partial charge on any atom is -0.342 e. The summed E-state index contributed by atoms with van der Waals surface area (Å²) in [4.78, 5) is 23.8. The van der Waals surface area contributed by atoms with Gasteiger partial charge in [0.15, 0.2) is 5.78 Å². The van der Waals surface area contributed by atoms with Gasteiger partial charge >= 0.3 is 0 Å². The molecule has 86 valence electrons. The number of amides is 1. The fourth-order valence-electron chi connectivity index (χ4n) is 1.87. The van der Waals surface area contributed by atoms with Crippen molar-refractivity contribution in [1.29, 1.82) is 5.26 Å². The molecule has 17 heavy (non-hydrogen) atoms. The Kier molecular flexibility index (Phi) is 2.90. The van der Waals surface area contributed by atoms with Gasteiger partial charge in [0, 0.05) is 5.56 Å². The first-order chi connectivity index (χ1) is 8.17. The second-order valence-corrected chi connectivity index (χ2v) is 3.84. The van der Waals surface area contributed by atoms with Gasteiger partial charge in [0.25, 0.3) is 5.91 Å². The van der Waals surface area contributed by atoms with E-state index in [9.17, 15) is 9.59 Å². The van der Waals surface area contributed by atoms with Crippen LogP contribution in [-0.4, -0.2) is 24.3 Å². The third-order valence-corrected chi connectivity index (χ3v) is 2.74. The topological polar surface area (TPSA) is 96.0 Å². The van der Waals surface area contributed by atoms with Crippen LogP contribution in [0.4, 0.5) is 0 Å². The molecular formula is C12H11N3O2. The fourth-order valence-corrected chi connectivity index (χ4v) is 1.87. The predicted molar refractivity (Wildman–Crippen MR) is 60.4 cm³/mol. The van der Waals surface area contributed by atoms with E-state index in [0.29, 0.717) is 29.7 Å². The Morgan fingerprint density at radius 3 is 2.76 bits per heavy atom. The number of nitriles is 1. The molecule has 1 aliphatic rings. The molecule has 0 unspecified atom stereocenters. The number of carbonyl (C=O) groups excluding carboxylic acids is 2. The van der Waals surface area contributed by atoms with Crippen molar-refractivity contribution in [2.75, 3.05) is 6.54 Å². The van der Waals surface area contributed by atoms with Crippen LogP contribution in [-0.2, 0) is 0 Å². The minimum absolute atomic E-state index is 0.179. The zero-order valence-electron chi connectivity index (χ0n) is 9.06. The summed E-state index contributed by atoms with van der Waals surface area (Å²) in [5.74, 6) is -0.468. The first-order valence-electron chi connectivity index (χ1n) is 5.26. The highest BCUT2D eigenvalue weighted by Gasteiger charge is 2.31. The number of carbonyl (C=O) groups is 2. The molecule has 0 fully saturated rings. The normalized spacial score (nSPS) is 18.2. The van der Waals surface area contributed by atoms with Crippen molar-refractivity contribution in [2.24, 2.45) is 5.73 Å². The lowest BCUT2D eigenvalue weighted by Crippen LogP contribution is -2.47. The molecule has 1 aliphatic heterocycles. The van der Waals surface area contributed by atoms with Gasteiger partial charge in [-0.25, -0.2) is 0 Å². The summed E-state index contributed by atoms with van der Waals surface area (Å²) >= 11 is 0. The lowest BCUT2D eigenvalue weighted by atomic mass is 9.91. The number of benzene rings is 1. The van der Waals surface area contributed by atoms with Crippen molar-refractivity contribution in [1.82, 2.24) is 5.32 Å². The van der Waals surface area contributed by atoms with Crippen LogP contribution in [0.5, 0.6) is 0 Å². The first kappa shape index (κ1) is 11.3. The van der Waals surface area contributed by atoms with Gasteiger partial charge in [0.05, 0.1) is 23.2 Å². The summed E-state index contributed by atoms with van der Waals surface area (Å²) in [6.07, 6.45) is 0.404. The average Bonchev–Trinajstić information content (AvgIpc) is 2.35. The van der Waals surface area contributed by atoms with E-state index < -0.39 is 6.04 Å². The summed E-state index contributed by atoms with van der Waals surface area (Å²) in [7, 11) is 0. The molecule has 5 heteroatoms. The van der Waals surface area contributed by atoms with E-state index in [0.717, 1.165) is 0 Å². The van der Waals surface area contributed by atoms with E-state index >= 15 is 0 Å². The fraction of sp³-hybridized carbons (Fsp3) is 0.250. The molecule has 0 aliphatic carbocycles. The van der Waals surface area contributed by atoms with Crippen LogP contribution >= 0.6 is 0 Å². The largest absolute Gasteiger partial charge is 0.342 e. The number of nitrogens with one attached hydrogen (secondary N) is 1. The van der Waals surface area contributed by atoms with Crippen molar-refractivity contribution in [3.63, 3.8) is 0 Å². The molecule has 0 saturated heterocycles.